The normalized spacial score (nSPS) is 13.4. The lowest BCUT2D eigenvalue weighted by atomic mass is 10.1. The monoisotopic (exact) mass is 381 g/mol. The maximum atomic E-state index is 8.65. The molecule has 5 heterocycles. The fourth-order valence-corrected chi connectivity index (χ4v) is 3.43. The Morgan fingerprint density at radius 1 is 0.862 bits per heavy atom. The van der Waals surface area contributed by atoms with Crippen molar-refractivity contribution < 1.29 is 6.11 Å². The van der Waals surface area contributed by atoms with Crippen LogP contribution in [0.15, 0.2) is 61.4 Å². The molecule has 0 unspecified atom stereocenters. The minimum absolute atomic E-state index is 0.408. The highest BCUT2D eigenvalue weighted by molar-refractivity contribution is 5.84. The van der Waals surface area contributed by atoms with Crippen molar-refractivity contribution in [1.82, 2.24) is 19.9 Å². The Bertz CT molecular complexity index is 1360. The smallest absolute Gasteiger partial charge is 0.0914 e. The highest BCUT2D eigenvalue weighted by Crippen LogP contribution is 2.26. The van der Waals surface area contributed by atoms with Crippen LogP contribution >= 0.6 is 0 Å². The van der Waals surface area contributed by atoms with E-state index in [-0.39, 0.29) is 0 Å². The summed E-state index contributed by atoms with van der Waals surface area (Å²) in [5.74, 6) is 0. The number of aromatic nitrogens is 4. The second-order valence-electron chi connectivity index (χ2n) is 6.88. The fraction of sp³-hybridized carbons (Fsp3) is 0.0833. The van der Waals surface area contributed by atoms with E-state index in [4.69, 9.17) is 11.1 Å². The van der Waals surface area contributed by atoms with Crippen molar-refractivity contribution in [1.29, 1.82) is 0 Å². The van der Waals surface area contributed by atoms with Crippen LogP contribution in [-0.2, 0) is 4.74 Å². The van der Waals surface area contributed by atoms with Crippen LogP contribution in [0.25, 0.3) is 45.8 Å². The van der Waals surface area contributed by atoms with Gasteiger partial charge in [-0.15, -0.1) is 0 Å². The van der Waals surface area contributed by atoms with Gasteiger partial charge < -0.3 is 14.7 Å². The Morgan fingerprint density at radius 2 is 1.48 bits per heavy atom. The highest BCUT2D eigenvalue weighted by atomic mass is 16.5. The van der Waals surface area contributed by atoms with Gasteiger partial charge in [-0.05, 0) is 72.3 Å². The van der Waals surface area contributed by atoms with Gasteiger partial charge in [0.2, 0.25) is 0 Å². The number of hydrogen-bond donors (Lipinski definition) is 2. The number of nitrogens with one attached hydrogen (secondary N) is 2. The molecule has 0 atom stereocenters. The summed E-state index contributed by atoms with van der Waals surface area (Å²) in [6.45, 7) is 4.03. The van der Waals surface area contributed by atoms with Crippen LogP contribution in [0.4, 0.5) is 0 Å². The van der Waals surface area contributed by atoms with E-state index >= 15 is 0 Å². The lowest BCUT2D eigenvalue weighted by Crippen LogP contribution is -1.90. The Morgan fingerprint density at radius 3 is 2.17 bits per heavy atom. The lowest BCUT2D eigenvalue weighted by Gasteiger charge is -2.01. The summed E-state index contributed by atoms with van der Waals surface area (Å²) in [6, 6.07) is 16.4. The molecule has 2 N–H and O–H groups in total. The predicted molar refractivity (Wildman–Crippen MR) is 119 cm³/mol. The number of fused-ring (bicyclic) bond motifs is 8. The van der Waals surface area contributed by atoms with E-state index in [0.717, 1.165) is 44.7 Å². The molecule has 0 saturated carbocycles. The maximum Gasteiger partial charge on any atom is 0.0914 e. The van der Waals surface area contributed by atoms with Crippen LogP contribution in [0.3, 0.4) is 0 Å². The van der Waals surface area contributed by atoms with E-state index in [2.05, 4.69) is 21.5 Å². The van der Waals surface area contributed by atoms with Crippen molar-refractivity contribution in [2.75, 3.05) is 6.61 Å². The summed E-state index contributed by atoms with van der Waals surface area (Å²) in [4.78, 5) is 16.2. The topological polar surface area (TPSA) is 66.6 Å². The summed E-state index contributed by atoms with van der Waals surface area (Å²) < 4.78 is 13.9. The van der Waals surface area contributed by atoms with E-state index in [1.165, 1.54) is 6.26 Å². The molecule has 2 aliphatic heterocycles. The molecule has 3 aromatic rings. The minimum Gasteiger partial charge on any atom is -0.501 e. The van der Waals surface area contributed by atoms with Gasteiger partial charge in [-0.1, -0.05) is 6.58 Å². The Hall–Kier alpha value is -3.86. The number of H-pyrrole nitrogens is 2. The lowest BCUT2D eigenvalue weighted by molar-refractivity contribution is 0.259. The maximum absolute atomic E-state index is 8.65. The van der Waals surface area contributed by atoms with Crippen molar-refractivity contribution in [2.45, 2.75) is 6.42 Å². The van der Waals surface area contributed by atoms with Gasteiger partial charge in [-0.3, -0.25) is 0 Å². The second-order valence-corrected chi connectivity index (χ2v) is 6.88. The molecule has 0 radical (unpaired) electrons. The van der Waals surface area contributed by atoms with Crippen LogP contribution in [0.2, 0.25) is 0 Å². The van der Waals surface area contributed by atoms with Crippen LogP contribution in [0, 0.1) is 0 Å². The van der Waals surface area contributed by atoms with E-state index < -0.39 is 0 Å². The Labute approximate surface area is 169 Å². The summed E-state index contributed by atoms with van der Waals surface area (Å²) in [7, 11) is 0. The first-order valence-corrected chi connectivity index (χ1v) is 9.47. The first-order chi connectivity index (χ1) is 14.7. The van der Waals surface area contributed by atoms with Crippen LogP contribution in [0.1, 0.15) is 30.6 Å². The van der Waals surface area contributed by atoms with Crippen molar-refractivity contribution in [3.05, 3.63) is 84.1 Å². The van der Waals surface area contributed by atoms with Crippen LogP contribution < -0.4 is 0 Å². The number of aromatic amines is 2. The van der Waals surface area contributed by atoms with Gasteiger partial charge in [-0.2, -0.15) is 0 Å². The van der Waals surface area contributed by atoms with Gasteiger partial charge in [0.1, 0.15) is 0 Å². The molecular weight excluding hydrogens is 360 g/mol. The Kier molecular flexibility index (Phi) is 4.05. The molecule has 142 valence electrons. The zero-order valence-electron chi connectivity index (χ0n) is 16.8. The van der Waals surface area contributed by atoms with Crippen LogP contribution in [0.5, 0.6) is 0 Å². The minimum atomic E-state index is 0.408. The molecule has 8 bridgehead atoms. The first kappa shape index (κ1) is 16.1. The summed E-state index contributed by atoms with van der Waals surface area (Å²) in [6.07, 6.45) is 5.93. The highest BCUT2D eigenvalue weighted by Gasteiger charge is 2.11. The average molecular weight is 381 g/mol. The van der Waals surface area contributed by atoms with Gasteiger partial charge in [0.15, 0.2) is 0 Å². The number of hydrogen-bond acceptors (Lipinski definition) is 3. The second kappa shape index (κ2) is 7.28. The summed E-state index contributed by atoms with van der Waals surface area (Å²) >= 11 is 0. The van der Waals surface area contributed by atoms with Crippen molar-refractivity contribution in [3.8, 4) is 0 Å². The zero-order chi connectivity index (χ0) is 20.5. The van der Waals surface area contributed by atoms with E-state index in [9.17, 15) is 0 Å². The van der Waals surface area contributed by atoms with E-state index in [1.54, 1.807) is 0 Å². The summed E-state index contributed by atoms with van der Waals surface area (Å²) in [5.41, 5.74) is 7.74. The number of ether oxygens (including phenoxy) is 1. The SMILES string of the molecule is [2H]C1=C(CCOC=C)c2cc3nc(cc4ccc(cc5ccc(cc1n2)[nH]5)[nH]4)C=C3. The average Bonchev–Trinajstić information content (AvgIpc) is 3.50. The third-order valence-corrected chi connectivity index (χ3v) is 4.75. The van der Waals surface area contributed by atoms with E-state index in [1.807, 2.05) is 60.7 Å². The third-order valence-electron chi connectivity index (χ3n) is 4.75. The van der Waals surface area contributed by atoms with Crippen molar-refractivity contribution >= 4 is 45.8 Å². The van der Waals surface area contributed by atoms with Crippen molar-refractivity contribution in [2.24, 2.45) is 0 Å². The van der Waals surface area contributed by atoms with E-state index in [0.29, 0.717) is 24.8 Å². The number of rotatable bonds is 4. The molecule has 5 nitrogen and oxygen atoms in total. The summed E-state index contributed by atoms with van der Waals surface area (Å²) in [5, 5.41) is 0. The predicted octanol–water partition coefficient (Wildman–Crippen LogP) is 5.58. The van der Waals surface area contributed by atoms with Gasteiger partial charge >= 0.3 is 0 Å². The molecule has 29 heavy (non-hydrogen) atoms. The first-order valence-electron chi connectivity index (χ1n) is 9.97. The zero-order valence-corrected chi connectivity index (χ0v) is 15.8. The molecular formula is C24H20N4O. The quantitative estimate of drug-likeness (QED) is 0.358. The molecule has 5 rings (SSSR count). The van der Waals surface area contributed by atoms with Gasteiger partial charge in [0.05, 0.1) is 37.0 Å². The molecule has 0 fully saturated rings. The molecule has 0 aliphatic carbocycles. The largest absolute Gasteiger partial charge is 0.501 e. The van der Waals surface area contributed by atoms with Gasteiger partial charge in [-0.25, -0.2) is 9.97 Å². The molecule has 2 aliphatic rings. The molecule has 0 aromatic carbocycles. The number of nitrogens with zero attached hydrogens (tertiary/aromatic N) is 2. The van der Waals surface area contributed by atoms with Crippen LogP contribution in [-0.4, -0.2) is 26.5 Å². The molecule has 0 amide bonds. The molecule has 0 spiro atoms. The molecule has 0 saturated heterocycles. The van der Waals surface area contributed by atoms with Gasteiger partial charge in [0.25, 0.3) is 0 Å². The fourth-order valence-electron chi connectivity index (χ4n) is 3.43. The standard InChI is InChI=1S/C24H20N4O/c1-2-29-10-9-16-11-23-14-21-6-5-19(26-21)12-17-3-4-18(25-17)13-20-7-8-22(27-20)15-24(16)28-23/h2-8,11-15,25-26H,1,9-10H2/i11D. The molecule has 5 heteroatoms. The van der Waals surface area contributed by atoms with Crippen molar-refractivity contribution in [3.63, 3.8) is 0 Å². The molecule has 3 aromatic heterocycles. The van der Waals surface area contributed by atoms with Gasteiger partial charge in [0, 0.05) is 28.5 Å². The Balaban J connectivity index is 1.76. The third kappa shape index (κ3) is 3.75.